The summed E-state index contributed by atoms with van der Waals surface area (Å²) in [5.41, 5.74) is 0. The fourth-order valence-corrected chi connectivity index (χ4v) is 0. The molecular formula is C2H2Cl2LiO2. The zero-order valence-electron chi connectivity index (χ0n) is 3.69. The molecule has 0 aliphatic heterocycles. The minimum absolute atomic E-state index is 0. The summed E-state index contributed by atoms with van der Waals surface area (Å²) >= 11 is 9.56. The number of rotatable bonds is 1. The van der Waals surface area contributed by atoms with Crippen LogP contribution in [0.15, 0.2) is 0 Å². The maximum atomic E-state index is 9.44. The van der Waals surface area contributed by atoms with Crippen molar-refractivity contribution in [2.24, 2.45) is 0 Å². The van der Waals surface area contributed by atoms with E-state index < -0.39 is 10.8 Å². The Morgan fingerprint density at radius 3 is 1.71 bits per heavy atom. The Hall–Kier alpha value is 0.647. The van der Waals surface area contributed by atoms with Crippen LogP contribution in [0.2, 0.25) is 0 Å². The van der Waals surface area contributed by atoms with E-state index in [1.54, 1.807) is 0 Å². The summed E-state index contributed by atoms with van der Waals surface area (Å²) < 4.78 is 0. The smallest absolute Gasteiger partial charge is 0.337 e. The molecule has 1 N–H and O–H groups in total. The van der Waals surface area contributed by atoms with Gasteiger partial charge in [0, 0.05) is 18.9 Å². The maximum absolute atomic E-state index is 9.44. The predicted molar refractivity (Wildman–Crippen MR) is 28.9 cm³/mol. The molecule has 2 nitrogen and oxygen atoms in total. The molecule has 1 radical (unpaired) electrons. The molecule has 0 heterocycles. The average molecular weight is 136 g/mol. The Bertz CT molecular complexity index is 64.7. The number of carbonyl (C=O) groups is 1. The van der Waals surface area contributed by atoms with Crippen LogP contribution in [0, 0.1) is 0 Å². The second-order valence-electron chi connectivity index (χ2n) is 0.639. The molecule has 0 rings (SSSR count). The third kappa shape index (κ3) is 6.65. The standard InChI is InChI=1S/C2H2Cl2O2.Li/c3-1(4)2(5)6;/h1H,(H,5,6);. The van der Waals surface area contributed by atoms with Gasteiger partial charge in [0.05, 0.1) is 0 Å². The summed E-state index contributed by atoms with van der Waals surface area (Å²) in [5.74, 6) is -1.21. The first kappa shape index (κ1) is 10.6. The van der Waals surface area contributed by atoms with E-state index in [9.17, 15) is 4.79 Å². The van der Waals surface area contributed by atoms with E-state index in [0.29, 0.717) is 0 Å². The van der Waals surface area contributed by atoms with Gasteiger partial charge in [0.2, 0.25) is 4.84 Å². The van der Waals surface area contributed by atoms with Crippen LogP contribution in [0.25, 0.3) is 0 Å². The second kappa shape index (κ2) is 4.80. The zero-order chi connectivity index (χ0) is 5.15. The number of carboxylic acids is 1. The number of carboxylic acid groups (broad SMARTS) is 1. The van der Waals surface area contributed by atoms with Gasteiger partial charge in [-0.1, -0.05) is 23.2 Å². The van der Waals surface area contributed by atoms with Crippen molar-refractivity contribution in [3.63, 3.8) is 0 Å². The fraction of sp³-hybridized carbons (Fsp3) is 0.500. The summed E-state index contributed by atoms with van der Waals surface area (Å²) in [6.45, 7) is 0. The Morgan fingerprint density at radius 2 is 1.71 bits per heavy atom. The molecule has 0 atom stereocenters. The molecule has 0 amide bonds. The summed E-state index contributed by atoms with van der Waals surface area (Å²) in [6, 6.07) is 0. The van der Waals surface area contributed by atoms with E-state index in [-0.39, 0.29) is 18.9 Å². The van der Waals surface area contributed by atoms with Crippen molar-refractivity contribution in [3.05, 3.63) is 0 Å². The summed E-state index contributed by atoms with van der Waals surface area (Å²) in [6.07, 6.45) is 0. The van der Waals surface area contributed by atoms with Gasteiger partial charge < -0.3 is 5.11 Å². The molecule has 0 aromatic heterocycles. The first-order valence-corrected chi connectivity index (χ1v) is 2.03. The Balaban J connectivity index is 0. The van der Waals surface area contributed by atoms with Gasteiger partial charge in [-0.15, -0.1) is 0 Å². The van der Waals surface area contributed by atoms with E-state index in [0.717, 1.165) is 0 Å². The topological polar surface area (TPSA) is 37.3 Å². The first-order chi connectivity index (χ1) is 2.64. The van der Waals surface area contributed by atoms with Crippen molar-refractivity contribution in [2.45, 2.75) is 4.84 Å². The van der Waals surface area contributed by atoms with Crippen LogP contribution in [0.5, 0.6) is 0 Å². The van der Waals surface area contributed by atoms with E-state index in [4.69, 9.17) is 28.3 Å². The van der Waals surface area contributed by atoms with Gasteiger partial charge in [-0.2, -0.15) is 0 Å². The van der Waals surface area contributed by atoms with Crippen molar-refractivity contribution in [3.8, 4) is 0 Å². The van der Waals surface area contributed by atoms with Gasteiger partial charge >= 0.3 is 5.97 Å². The maximum Gasteiger partial charge on any atom is 0.337 e. The van der Waals surface area contributed by atoms with Crippen LogP contribution in [0.1, 0.15) is 0 Å². The van der Waals surface area contributed by atoms with Crippen molar-refractivity contribution in [2.75, 3.05) is 0 Å². The third-order valence-corrected chi connectivity index (χ3v) is 0.560. The largest absolute Gasteiger partial charge is 0.479 e. The molecule has 0 saturated heterocycles. The molecule has 0 fully saturated rings. The molecule has 7 heavy (non-hydrogen) atoms. The minimum atomic E-state index is -1.29. The monoisotopic (exact) mass is 135 g/mol. The van der Waals surface area contributed by atoms with E-state index in [2.05, 4.69) is 0 Å². The van der Waals surface area contributed by atoms with E-state index in [1.807, 2.05) is 0 Å². The second-order valence-corrected chi connectivity index (χ2v) is 1.74. The third-order valence-electron chi connectivity index (χ3n) is 0.187. The van der Waals surface area contributed by atoms with Crippen LogP contribution >= 0.6 is 23.2 Å². The van der Waals surface area contributed by atoms with Gasteiger partial charge in [-0.25, -0.2) is 4.79 Å². The van der Waals surface area contributed by atoms with Gasteiger partial charge in [0.25, 0.3) is 0 Å². The number of aliphatic carboxylic acids is 1. The van der Waals surface area contributed by atoms with E-state index in [1.165, 1.54) is 0 Å². The molecule has 0 aromatic carbocycles. The fourth-order valence-electron chi connectivity index (χ4n) is 0. The molecule has 5 heteroatoms. The van der Waals surface area contributed by atoms with Crippen LogP contribution < -0.4 is 0 Å². The molecule has 0 aliphatic carbocycles. The van der Waals surface area contributed by atoms with Crippen molar-refractivity contribution in [1.29, 1.82) is 0 Å². The molecule has 0 unspecified atom stereocenters. The normalized spacial score (nSPS) is 7.86. The molecule has 0 bridgehead atoms. The SMILES string of the molecule is O=C(O)C(Cl)Cl.[Li]. The molecule has 0 saturated carbocycles. The van der Waals surface area contributed by atoms with Gasteiger partial charge in [-0.3, -0.25) is 0 Å². The minimum Gasteiger partial charge on any atom is -0.479 e. The van der Waals surface area contributed by atoms with Crippen LogP contribution in [0.4, 0.5) is 0 Å². The predicted octanol–water partition coefficient (Wildman–Crippen LogP) is 0.494. The van der Waals surface area contributed by atoms with Crippen molar-refractivity contribution >= 4 is 48.0 Å². The summed E-state index contributed by atoms with van der Waals surface area (Å²) in [7, 11) is 0. The Labute approximate surface area is 63.0 Å². The van der Waals surface area contributed by atoms with Gasteiger partial charge in [0.15, 0.2) is 0 Å². The first-order valence-electron chi connectivity index (χ1n) is 1.15. The van der Waals surface area contributed by atoms with Crippen LogP contribution in [-0.2, 0) is 4.79 Å². The average Bonchev–Trinajstić information content (AvgIpc) is 1.36. The number of hydrogen-bond donors (Lipinski definition) is 1. The quantitative estimate of drug-likeness (QED) is 0.420. The number of hydrogen-bond acceptors (Lipinski definition) is 1. The van der Waals surface area contributed by atoms with Crippen molar-refractivity contribution in [1.82, 2.24) is 0 Å². The molecule has 0 aliphatic rings. The van der Waals surface area contributed by atoms with Crippen LogP contribution in [-0.4, -0.2) is 34.8 Å². The van der Waals surface area contributed by atoms with Crippen molar-refractivity contribution < 1.29 is 9.90 Å². The Kier molecular flexibility index (Phi) is 7.26. The van der Waals surface area contributed by atoms with Crippen LogP contribution in [0.3, 0.4) is 0 Å². The number of alkyl halides is 2. The molecular weight excluding hydrogens is 134 g/mol. The van der Waals surface area contributed by atoms with E-state index >= 15 is 0 Å². The van der Waals surface area contributed by atoms with Gasteiger partial charge in [-0.05, 0) is 0 Å². The van der Waals surface area contributed by atoms with Gasteiger partial charge in [0.1, 0.15) is 0 Å². The summed E-state index contributed by atoms with van der Waals surface area (Å²) in [5, 5.41) is 7.73. The number of halogens is 2. The molecule has 0 spiro atoms. The summed E-state index contributed by atoms with van der Waals surface area (Å²) in [4.78, 5) is 8.15. The zero-order valence-corrected chi connectivity index (χ0v) is 5.20. The Morgan fingerprint density at radius 1 is 1.57 bits per heavy atom. The molecule has 37 valence electrons. The molecule has 0 aromatic rings.